The SMILES string of the molecule is FC(F)(F)[C@]1(c2ccnc(Cl)c2)CC=NN1. The van der Waals surface area contributed by atoms with Crippen LogP contribution in [0.5, 0.6) is 0 Å². The van der Waals surface area contributed by atoms with Crippen molar-refractivity contribution in [3.63, 3.8) is 0 Å². The maximum Gasteiger partial charge on any atom is 0.417 e. The second-order valence-electron chi connectivity index (χ2n) is 3.40. The van der Waals surface area contributed by atoms with Crippen molar-refractivity contribution in [2.75, 3.05) is 0 Å². The van der Waals surface area contributed by atoms with Crippen molar-refractivity contribution in [2.45, 2.75) is 18.1 Å². The maximum atomic E-state index is 13.0. The molecule has 0 saturated heterocycles. The van der Waals surface area contributed by atoms with Crippen LogP contribution in [0.3, 0.4) is 0 Å². The second kappa shape index (κ2) is 3.62. The van der Waals surface area contributed by atoms with Gasteiger partial charge >= 0.3 is 6.18 Å². The van der Waals surface area contributed by atoms with Crippen LogP contribution in [0.4, 0.5) is 13.2 Å². The van der Waals surface area contributed by atoms with Gasteiger partial charge in [-0.3, -0.25) is 5.43 Å². The van der Waals surface area contributed by atoms with E-state index in [1.54, 1.807) is 0 Å². The minimum Gasteiger partial charge on any atom is -0.290 e. The zero-order valence-corrected chi connectivity index (χ0v) is 8.68. The van der Waals surface area contributed by atoms with Gasteiger partial charge in [0.05, 0.1) is 0 Å². The highest BCUT2D eigenvalue weighted by atomic mass is 35.5. The number of halogens is 4. The van der Waals surface area contributed by atoms with Gasteiger partial charge in [-0.2, -0.15) is 18.3 Å². The van der Waals surface area contributed by atoms with Crippen LogP contribution >= 0.6 is 11.6 Å². The van der Waals surface area contributed by atoms with E-state index in [0.29, 0.717) is 0 Å². The highest BCUT2D eigenvalue weighted by Gasteiger charge is 2.57. The van der Waals surface area contributed by atoms with Gasteiger partial charge in [-0.1, -0.05) is 11.6 Å². The van der Waals surface area contributed by atoms with Gasteiger partial charge in [-0.05, 0) is 17.7 Å². The van der Waals surface area contributed by atoms with Gasteiger partial charge in [0.1, 0.15) is 5.15 Å². The lowest BCUT2D eigenvalue weighted by Crippen LogP contribution is -2.49. The van der Waals surface area contributed by atoms with Crippen LogP contribution in [-0.2, 0) is 5.54 Å². The predicted octanol–water partition coefficient (Wildman–Crippen LogP) is 2.47. The summed E-state index contributed by atoms with van der Waals surface area (Å²) in [4.78, 5) is 3.65. The first-order valence-electron chi connectivity index (χ1n) is 4.43. The number of nitrogens with zero attached hydrogens (tertiary/aromatic N) is 2. The van der Waals surface area contributed by atoms with E-state index in [1.165, 1.54) is 24.5 Å². The standard InChI is InChI=1S/C9H7ClF3N3/c10-7-5-6(1-3-14-7)8(9(11,12)13)2-4-15-16-8/h1,3-5,16H,2H2/t8-/m1/s1. The third kappa shape index (κ3) is 1.63. The van der Waals surface area contributed by atoms with E-state index in [0.717, 1.165) is 0 Å². The number of aromatic nitrogens is 1. The number of hydrogen-bond acceptors (Lipinski definition) is 3. The van der Waals surface area contributed by atoms with Crippen LogP contribution in [0.15, 0.2) is 23.4 Å². The Bertz CT molecular complexity index is 422. The number of nitrogens with one attached hydrogen (secondary N) is 1. The molecule has 7 heteroatoms. The van der Waals surface area contributed by atoms with Crippen molar-refractivity contribution in [1.82, 2.24) is 10.4 Å². The molecule has 3 nitrogen and oxygen atoms in total. The van der Waals surface area contributed by atoms with E-state index < -0.39 is 11.7 Å². The molecule has 0 aromatic carbocycles. The fourth-order valence-electron chi connectivity index (χ4n) is 1.58. The Morgan fingerprint density at radius 1 is 1.44 bits per heavy atom. The van der Waals surface area contributed by atoms with Crippen LogP contribution in [0.1, 0.15) is 12.0 Å². The highest BCUT2D eigenvalue weighted by molar-refractivity contribution is 6.29. The molecule has 1 aromatic rings. The Labute approximate surface area is 94.3 Å². The summed E-state index contributed by atoms with van der Waals surface area (Å²) in [6, 6.07) is 2.47. The molecule has 0 unspecified atom stereocenters. The van der Waals surface area contributed by atoms with Gasteiger partial charge in [0, 0.05) is 18.8 Å². The first-order valence-corrected chi connectivity index (χ1v) is 4.81. The molecule has 2 heterocycles. The lowest BCUT2D eigenvalue weighted by atomic mass is 9.88. The van der Waals surface area contributed by atoms with Gasteiger partial charge in [-0.15, -0.1) is 0 Å². The molecule has 0 spiro atoms. The number of hydrogen-bond donors (Lipinski definition) is 1. The average Bonchev–Trinajstić information content (AvgIpc) is 2.66. The zero-order valence-electron chi connectivity index (χ0n) is 7.92. The smallest absolute Gasteiger partial charge is 0.290 e. The van der Waals surface area contributed by atoms with Gasteiger partial charge in [0.2, 0.25) is 0 Å². The van der Waals surface area contributed by atoms with Crippen LogP contribution in [0.25, 0.3) is 0 Å². The first kappa shape index (κ1) is 11.2. The lowest BCUT2D eigenvalue weighted by Gasteiger charge is -2.31. The molecule has 0 aliphatic carbocycles. The Balaban J connectivity index is 2.49. The molecule has 1 aliphatic heterocycles. The second-order valence-corrected chi connectivity index (χ2v) is 3.79. The third-order valence-electron chi connectivity index (χ3n) is 2.45. The van der Waals surface area contributed by atoms with E-state index >= 15 is 0 Å². The van der Waals surface area contributed by atoms with Crippen LogP contribution in [0, 0.1) is 0 Å². The first-order chi connectivity index (χ1) is 7.46. The fraction of sp³-hybridized carbons (Fsp3) is 0.333. The summed E-state index contributed by atoms with van der Waals surface area (Å²) < 4.78 is 39.1. The lowest BCUT2D eigenvalue weighted by molar-refractivity contribution is -0.196. The Kier molecular flexibility index (Phi) is 2.53. The molecular formula is C9H7ClF3N3. The average molecular weight is 250 g/mol. The van der Waals surface area contributed by atoms with Crippen molar-refractivity contribution in [2.24, 2.45) is 5.10 Å². The number of hydrazone groups is 1. The molecule has 1 aromatic heterocycles. The van der Waals surface area contributed by atoms with E-state index in [4.69, 9.17) is 11.6 Å². The maximum absolute atomic E-state index is 13.0. The summed E-state index contributed by atoms with van der Waals surface area (Å²) >= 11 is 5.59. The van der Waals surface area contributed by atoms with Gasteiger partial charge in [0.25, 0.3) is 0 Å². The number of alkyl halides is 3. The topological polar surface area (TPSA) is 37.3 Å². The van der Waals surface area contributed by atoms with Crippen molar-refractivity contribution in [3.05, 3.63) is 29.0 Å². The van der Waals surface area contributed by atoms with Gasteiger partial charge in [0.15, 0.2) is 5.54 Å². The van der Waals surface area contributed by atoms with Crippen molar-refractivity contribution >= 4 is 17.8 Å². The van der Waals surface area contributed by atoms with Crippen molar-refractivity contribution < 1.29 is 13.2 Å². The predicted molar refractivity (Wildman–Crippen MR) is 53.2 cm³/mol. The van der Waals surface area contributed by atoms with Crippen LogP contribution < -0.4 is 5.43 Å². The Morgan fingerprint density at radius 3 is 2.69 bits per heavy atom. The molecule has 2 rings (SSSR count). The third-order valence-corrected chi connectivity index (χ3v) is 2.65. The molecule has 1 aliphatic rings. The molecule has 0 bridgehead atoms. The molecule has 0 fully saturated rings. The monoisotopic (exact) mass is 249 g/mol. The zero-order chi connectivity index (χ0) is 11.8. The van der Waals surface area contributed by atoms with Crippen molar-refractivity contribution in [3.8, 4) is 0 Å². The molecular weight excluding hydrogens is 243 g/mol. The Hall–Kier alpha value is -1.30. The molecule has 16 heavy (non-hydrogen) atoms. The summed E-state index contributed by atoms with van der Waals surface area (Å²) in [6.07, 6.45) is -2.27. The molecule has 1 atom stereocenters. The van der Waals surface area contributed by atoms with Crippen molar-refractivity contribution in [1.29, 1.82) is 0 Å². The summed E-state index contributed by atoms with van der Waals surface area (Å²) in [5, 5.41) is 3.47. The van der Waals surface area contributed by atoms with Gasteiger partial charge < -0.3 is 0 Å². The molecule has 86 valence electrons. The van der Waals surface area contributed by atoms with E-state index in [2.05, 4.69) is 15.5 Å². The molecule has 0 amide bonds. The quantitative estimate of drug-likeness (QED) is 0.777. The fourth-order valence-corrected chi connectivity index (χ4v) is 1.75. The number of pyridine rings is 1. The molecule has 1 N–H and O–H groups in total. The summed E-state index contributed by atoms with van der Waals surface area (Å²) in [5.74, 6) is 0. The summed E-state index contributed by atoms with van der Waals surface area (Å²) in [7, 11) is 0. The Morgan fingerprint density at radius 2 is 2.19 bits per heavy atom. The van der Waals surface area contributed by atoms with Gasteiger partial charge in [-0.25, -0.2) is 4.98 Å². The highest BCUT2D eigenvalue weighted by Crippen LogP contribution is 2.43. The molecule has 0 saturated carbocycles. The van der Waals surface area contributed by atoms with E-state index in [9.17, 15) is 13.2 Å². The van der Waals surface area contributed by atoms with Crippen LogP contribution in [-0.4, -0.2) is 17.4 Å². The minimum atomic E-state index is -4.45. The summed E-state index contributed by atoms with van der Waals surface area (Å²) in [6.45, 7) is 0. The van der Waals surface area contributed by atoms with Crippen LogP contribution in [0.2, 0.25) is 5.15 Å². The van der Waals surface area contributed by atoms with E-state index in [1.807, 2.05) is 0 Å². The molecule has 0 radical (unpaired) electrons. The summed E-state index contributed by atoms with van der Waals surface area (Å²) in [5.41, 5.74) is -0.0578. The minimum absolute atomic E-state index is 0.0116. The largest absolute Gasteiger partial charge is 0.417 e. The number of rotatable bonds is 1. The normalized spacial score (nSPS) is 24.5. The van der Waals surface area contributed by atoms with E-state index in [-0.39, 0.29) is 17.1 Å².